The van der Waals surface area contributed by atoms with Gasteiger partial charge in [0.15, 0.2) is 0 Å². The van der Waals surface area contributed by atoms with Crippen LogP contribution in [-0.4, -0.2) is 66.0 Å². The van der Waals surface area contributed by atoms with Gasteiger partial charge in [0.25, 0.3) is 5.91 Å². The minimum Gasteiger partial charge on any atom is -0.509 e. The summed E-state index contributed by atoms with van der Waals surface area (Å²) < 4.78 is 16.3. The molecule has 11 heteroatoms. The third-order valence-electron chi connectivity index (χ3n) is 9.19. The fourth-order valence-electron chi connectivity index (χ4n) is 7.03. The molecule has 1 spiro atoms. The van der Waals surface area contributed by atoms with Gasteiger partial charge in [-0.3, -0.25) is 9.59 Å². The van der Waals surface area contributed by atoms with Crippen LogP contribution in [0.15, 0.2) is 30.0 Å². The molecular formula is C36H46Cl2N2O7. The number of ether oxygens (including phenoxy) is 3. The summed E-state index contributed by atoms with van der Waals surface area (Å²) in [6.07, 6.45) is 2.09. The third-order valence-corrected chi connectivity index (χ3v) is 9.63. The summed E-state index contributed by atoms with van der Waals surface area (Å²) in [5, 5.41) is 18.0. The van der Waals surface area contributed by atoms with Crippen molar-refractivity contribution in [1.82, 2.24) is 10.6 Å². The first-order valence-corrected chi connectivity index (χ1v) is 16.9. The smallest absolute Gasteiger partial charge is 0.332 e. The molecule has 9 nitrogen and oxygen atoms in total. The highest BCUT2D eigenvalue weighted by Crippen LogP contribution is 2.41. The number of nitrogens with one attached hydrogen (secondary N) is 2. The molecule has 4 atom stereocenters. The first-order chi connectivity index (χ1) is 22.1. The lowest BCUT2D eigenvalue weighted by molar-refractivity contribution is -0.160. The first kappa shape index (κ1) is 36.7. The van der Waals surface area contributed by atoms with Crippen molar-refractivity contribution in [2.45, 2.75) is 104 Å². The fourth-order valence-corrected chi connectivity index (χ4v) is 7.69. The Hall–Kier alpha value is -3.11. The number of aryl methyl sites for hydroxylation is 4. The molecule has 3 aliphatic rings. The van der Waals surface area contributed by atoms with Crippen molar-refractivity contribution in [3.8, 4) is 0 Å². The molecule has 2 amide bonds. The summed E-state index contributed by atoms with van der Waals surface area (Å²) in [5.41, 5.74) is 4.08. The molecule has 47 heavy (non-hydrogen) atoms. The molecule has 5 rings (SSSR count). The lowest BCUT2D eigenvalue weighted by Gasteiger charge is -2.38. The lowest BCUT2D eigenvalue weighted by Crippen LogP contribution is -2.59. The molecular weight excluding hydrogens is 643 g/mol. The maximum atomic E-state index is 12.7. The highest BCUT2D eigenvalue weighted by molar-refractivity contribution is 6.31. The molecule has 0 aliphatic carbocycles. The number of aliphatic hydroxyl groups is 1. The van der Waals surface area contributed by atoms with Crippen molar-refractivity contribution < 1.29 is 33.7 Å². The Morgan fingerprint density at radius 1 is 0.936 bits per heavy atom. The van der Waals surface area contributed by atoms with Crippen LogP contribution in [0.4, 0.5) is 0 Å². The van der Waals surface area contributed by atoms with Crippen LogP contribution in [0.25, 0.3) is 5.57 Å². The van der Waals surface area contributed by atoms with E-state index in [-0.39, 0.29) is 48.8 Å². The minimum atomic E-state index is -1.01. The zero-order chi connectivity index (χ0) is 34.7. The lowest BCUT2D eigenvalue weighted by atomic mass is 9.84. The number of carbonyl (C=O) groups excluding carboxylic acids is 3. The van der Waals surface area contributed by atoms with E-state index < -0.39 is 11.1 Å². The van der Waals surface area contributed by atoms with Crippen molar-refractivity contribution in [2.24, 2.45) is 0 Å². The van der Waals surface area contributed by atoms with Crippen LogP contribution in [0.1, 0.15) is 79.8 Å². The maximum absolute atomic E-state index is 12.7. The van der Waals surface area contributed by atoms with E-state index in [9.17, 15) is 19.5 Å². The van der Waals surface area contributed by atoms with Gasteiger partial charge in [-0.05, 0) is 106 Å². The van der Waals surface area contributed by atoms with E-state index in [4.69, 9.17) is 37.4 Å². The second-order valence-electron chi connectivity index (χ2n) is 13.0. The summed E-state index contributed by atoms with van der Waals surface area (Å²) in [7, 11) is 0. The summed E-state index contributed by atoms with van der Waals surface area (Å²) in [4.78, 5) is 37.8. The number of hydrogen-bond acceptors (Lipinski definition) is 7. The Morgan fingerprint density at radius 2 is 1.47 bits per heavy atom. The summed E-state index contributed by atoms with van der Waals surface area (Å²) in [6.45, 7) is 14.5. The molecule has 2 fully saturated rings. The molecule has 0 bridgehead atoms. The number of esters is 1. The minimum absolute atomic E-state index is 0.00274. The molecule has 3 aliphatic heterocycles. The second-order valence-corrected chi connectivity index (χ2v) is 13.9. The zero-order valence-electron chi connectivity index (χ0n) is 28.3. The molecule has 3 heterocycles. The van der Waals surface area contributed by atoms with Gasteiger partial charge in [0.1, 0.15) is 16.8 Å². The summed E-state index contributed by atoms with van der Waals surface area (Å²) in [6, 6.07) is 7.31. The fraction of sp³-hybridized carbons (Fsp3) is 0.528. The molecule has 2 saturated heterocycles. The number of rotatable bonds is 6. The molecule has 3 N–H and O–H groups in total. The van der Waals surface area contributed by atoms with Crippen molar-refractivity contribution in [2.75, 3.05) is 19.8 Å². The van der Waals surface area contributed by atoms with Gasteiger partial charge in [0.2, 0.25) is 5.91 Å². The van der Waals surface area contributed by atoms with Crippen molar-refractivity contribution in [1.29, 1.82) is 0 Å². The predicted octanol–water partition coefficient (Wildman–Crippen LogP) is 6.41. The largest absolute Gasteiger partial charge is 0.509 e. The van der Waals surface area contributed by atoms with Crippen LogP contribution in [0.3, 0.4) is 0 Å². The number of hydrogen-bond donors (Lipinski definition) is 3. The number of carbonyl (C=O) groups is 3. The van der Waals surface area contributed by atoms with Crippen molar-refractivity contribution in [3.05, 3.63) is 73.5 Å². The van der Waals surface area contributed by atoms with Gasteiger partial charge in [-0.2, -0.15) is 0 Å². The Kier molecular flexibility index (Phi) is 11.7. The van der Waals surface area contributed by atoms with Crippen LogP contribution in [-0.2, 0) is 35.0 Å². The van der Waals surface area contributed by atoms with E-state index in [2.05, 4.69) is 10.6 Å². The van der Waals surface area contributed by atoms with Crippen LogP contribution in [0.2, 0.25) is 10.0 Å². The molecule has 0 radical (unpaired) electrons. The number of amides is 2. The average Bonchev–Trinajstić information content (AvgIpc) is 3.18. The van der Waals surface area contributed by atoms with E-state index in [0.29, 0.717) is 54.5 Å². The van der Waals surface area contributed by atoms with Crippen LogP contribution >= 0.6 is 23.2 Å². The maximum Gasteiger partial charge on any atom is 0.332 e. The number of halogens is 2. The number of aliphatic hydroxyl groups excluding tert-OH is 1. The SMILES string of the molecule is CCOC(=O)C1(NC(=O)Cc2c(C)cc(Cl)cc2C)CCOC(C)C1.Cc1cc(Cl)cc(C)c1C1=C(O)C2(CCOC(C)C2)NC1=O. The molecule has 0 aromatic heterocycles. The number of benzene rings is 2. The van der Waals surface area contributed by atoms with E-state index in [0.717, 1.165) is 33.4 Å². The molecule has 0 saturated carbocycles. The van der Waals surface area contributed by atoms with Crippen molar-refractivity contribution in [3.63, 3.8) is 0 Å². The van der Waals surface area contributed by atoms with E-state index >= 15 is 0 Å². The standard InChI is InChI=1S/C19H26ClNO4.C17H20ClNO3/c1-5-24-18(23)19(6-7-25-14(4)11-19)21-17(22)10-16-12(2)8-15(20)9-13(16)3;1-9-6-12(18)7-10(2)13(9)14-15(20)17(19-16(14)21)4-5-22-11(3)8-17/h8-9,14H,5-7,10-11H2,1-4H3,(H,21,22);6-7,11,20H,4-5,8H2,1-3H3,(H,19,21). The first-order valence-electron chi connectivity index (χ1n) is 16.1. The predicted molar refractivity (Wildman–Crippen MR) is 183 cm³/mol. The molecule has 2 aromatic carbocycles. The van der Waals surface area contributed by atoms with Gasteiger partial charge in [-0.15, -0.1) is 0 Å². The van der Waals surface area contributed by atoms with E-state index in [1.54, 1.807) is 6.92 Å². The van der Waals surface area contributed by atoms with Gasteiger partial charge in [0.05, 0.1) is 30.8 Å². The Labute approximate surface area is 287 Å². The second kappa shape index (κ2) is 15.0. The van der Waals surface area contributed by atoms with Gasteiger partial charge in [-0.1, -0.05) is 23.2 Å². The third kappa shape index (κ3) is 8.13. The highest BCUT2D eigenvalue weighted by atomic mass is 35.5. The Bertz CT molecular complexity index is 1530. The Morgan fingerprint density at radius 3 is 2.00 bits per heavy atom. The van der Waals surface area contributed by atoms with Gasteiger partial charge >= 0.3 is 5.97 Å². The topological polar surface area (TPSA) is 123 Å². The quantitative estimate of drug-likeness (QED) is 0.300. The van der Waals surface area contributed by atoms with Crippen molar-refractivity contribution >= 4 is 46.6 Å². The van der Waals surface area contributed by atoms with Crippen LogP contribution in [0.5, 0.6) is 0 Å². The zero-order valence-corrected chi connectivity index (χ0v) is 29.8. The molecule has 4 unspecified atom stereocenters. The van der Waals surface area contributed by atoms with Gasteiger partial charge < -0.3 is 30.0 Å². The molecule has 2 aromatic rings. The average molecular weight is 690 g/mol. The van der Waals surface area contributed by atoms with Gasteiger partial charge in [-0.25, -0.2) is 4.79 Å². The highest BCUT2D eigenvalue weighted by Gasteiger charge is 2.49. The van der Waals surface area contributed by atoms with E-state index in [1.165, 1.54) is 0 Å². The van der Waals surface area contributed by atoms with Crippen LogP contribution < -0.4 is 10.6 Å². The normalized spacial score (nSPS) is 25.6. The monoisotopic (exact) mass is 688 g/mol. The Balaban J connectivity index is 0.000000214. The van der Waals surface area contributed by atoms with Crippen LogP contribution in [0, 0.1) is 27.7 Å². The molecule has 256 valence electrons. The summed E-state index contributed by atoms with van der Waals surface area (Å²) >= 11 is 12.1. The van der Waals surface area contributed by atoms with E-state index in [1.807, 2.05) is 65.8 Å². The van der Waals surface area contributed by atoms with Gasteiger partial charge in [0, 0.05) is 48.9 Å². The summed E-state index contributed by atoms with van der Waals surface area (Å²) in [5.74, 6) is -0.667.